The summed E-state index contributed by atoms with van der Waals surface area (Å²) >= 11 is 0. The van der Waals surface area contributed by atoms with Crippen molar-refractivity contribution in [1.29, 1.82) is 0 Å². The third kappa shape index (κ3) is 5.61. The van der Waals surface area contributed by atoms with Crippen molar-refractivity contribution in [2.75, 3.05) is 0 Å². The molecule has 0 aliphatic rings. The number of hydrogen-bond donors (Lipinski definition) is 0. The average Bonchev–Trinajstić information content (AvgIpc) is 2.80. The lowest BCUT2D eigenvalue weighted by molar-refractivity contribution is -0.156. The highest BCUT2D eigenvalue weighted by Crippen LogP contribution is 2.43. The monoisotopic (exact) mass is 466 g/mol. The van der Waals surface area contributed by atoms with Gasteiger partial charge in [0.2, 0.25) is 0 Å². The molecule has 0 heterocycles. The Morgan fingerprint density at radius 1 is 0.618 bits per heavy atom. The summed E-state index contributed by atoms with van der Waals surface area (Å²) < 4.78 is 23.5. The highest BCUT2D eigenvalue weighted by molar-refractivity contribution is 6.11. The summed E-state index contributed by atoms with van der Waals surface area (Å²) in [7, 11) is 0. The SMILES string of the molecule is CCC(Oc1c2ccccc2c(OC(CC)C(=O)OC(C)C)c2ccccc12)C(=O)OC(C)C. The second-order valence-electron chi connectivity index (χ2n) is 8.75. The Labute approximate surface area is 201 Å². The van der Waals surface area contributed by atoms with E-state index in [1.54, 1.807) is 0 Å². The molecule has 0 N–H and O–H groups in total. The summed E-state index contributed by atoms with van der Waals surface area (Å²) in [6.07, 6.45) is -1.02. The highest BCUT2D eigenvalue weighted by Gasteiger charge is 2.27. The topological polar surface area (TPSA) is 71.1 Å². The number of carbonyl (C=O) groups is 2. The molecule has 3 rings (SSSR count). The van der Waals surface area contributed by atoms with Gasteiger partial charge in [-0.15, -0.1) is 0 Å². The summed E-state index contributed by atoms with van der Waals surface area (Å²) in [6, 6.07) is 15.3. The first kappa shape index (κ1) is 25.3. The molecule has 3 aromatic carbocycles. The van der Waals surface area contributed by atoms with Gasteiger partial charge in [0.25, 0.3) is 0 Å². The fourth-order valence-electron chi connectivity index (χ4n) is 3.80. The van der Waals surface area contributed by atoms with Crippen molar-refractivity contribution in [2.45, 2.75) is 78.8 Å². The van der Waals surface area contributed by atoms with E-state index in [-0.39, 0.29) is 12.2 Å². The largest absolute Gasteiger partial charge is 0.477 e. The number of fused-ring (bicyclic) bond motifs is 2. The first-order chi connectivity index (χ1) is 16.3. The van der Waals surface area contributed by atoms with E-state index < -0.39 is 24.1 Å². The molecule has 2 unspecified atom stereocenters. The maximum atomic E-state index is 12.7. The van der Waals surface area contributed by atoms with Crippen LogP contribution >= 0.6 is 0 Å². The zero-order valence-corrected chi connectivity index (χ0v) is 20.8. The second kappa shape index (κ2) is 11.2. The molecule has 34 heavy (non-hydrogen) atoms. The number of esters is 2. The molecule has 0 fully saturated rings. The van der Waals surface area contributed by atoms with Crippen molar-refractivity contribution < 1.29 is 28.5 Å². The van der Waals surface area contributed by atoms with Gasteiger partial charge in [-0.3, -0.25) is 0 Å². The van der Waals surface area contributed by atoms with Gasteiger partial charge in [-0.2, -0.15) is 0 Å². The molecule has 0 saturated heterocycles. The summed E-state index contributed by atoms with van der Waals surface area (Å²) in [6.45, 7) is 11.0. The third-order valence-corrected chi connectivity index (χ3v) is 5.32. The molecule has 6 heteroatoms. The van der Waals surface area contributed by atoms with Crippen LogP contribution in [0.25, 0.3) is 21.5 Å². The molecule has 182 valence electrons. The van der Waals surface area contributed by atoms with Gasteiger partial charge in [-0.25, -0.2) is 9.59 Å². The van der Waals surface area contributed by atoms with Crippen molar-refractivity contribution in [3.8, 4) is 11.5 Å². The zero-order valence-electron chi connectivity index (χ0n) is 20.8. The molecule has 0 aliphatic heterocycles. The van der Waals surface area contributed by atoms with E-state index in [0.29, 0.717) is 24.3 Å². The van der Waals surface area contributed by atoms with Crippen LogP contribution in [-0.4, -0.2) is 36.4 Å². The molecule has 0 radical (unpaired) electrons. The van der Waals surface area contributed by atoms with E-state index in [1.165, 1.54) is 0 Å². The number of ether oxygens (including phenoxy) is 4. The second-order valence-corrected chi connectivity index (χ2v) is 8.75. The standard InChI is InChI=1S/C28H34O6/c1-7-23(27(29)31-17(3)4)33-25-19-13-9-11-15-21(19)26(22-16-12-10-14-20(22)25)34-24(8-2)28(30)32-18(5)6/h9-18,23-24H,7-8H2,1-6H3. The lowest BCUT2D eigenvalue weighted by Crippen LogP contribution is -2.31. The zero-order chi connectivity index (χ0) is 24.8. The predicted molar refractivity (Wildman–Crippen MR) is 133 cm³/mol. The lowest BCUT2D eigenvalue weighted by Gasteiger charge is -2.24. The molecular formula is C28H34O6. The fraction of sp³-hybridized carbons (Fsp3) is 0.429. The van der Waals surface area contributed by atoms with Gasteiger partial charge in [-0.05, 0) is 40.5 Å². The normalized spacial score (nSPS) is 13.2. The Morgan fingerprint density at radius 2 is 0.912 bits per heavy atom. The molecule has 2 atom stereocenters. The quantitative estimate of drug-likeness (QED) is 0.261. The summed E-state index contributed by atoms with van der Waals surface area (Å²) in [5, 5.41) is 3.16. The van der Waals surface area contributed by atoms with Crippen molar-refractivity contribution in [2.24, 2.45) is 0 Å². The molecular weight excluding hydrogens is 432 g/mol. The fourth-order valence-corrected chi connectivity index (χ4v) is 3.80. The van der Waals surface area contributed by atoms with Gasteiger partial charge in [0, 0.05) is 21.5 Å². The first-order valence-electron chi connectivity index (χ1n) is 11.9. The minimum absolute atomic E-state index is 0.231. The maximum Gasteiger partial charge on any atom is 0.347 e. The average molecular weight is 467 g/mol. The molecule has 0 spiro atoms. The number of benzene rings is 3. The first-order valence-corrected chi connectivity index (χ1v) is 11.9. The van der Waals surface area contributed by atoms with E-state index in [4.69, 9.17) is 18.9 Å². The number of carbonyl (C=O) groups excluding carboxylic acids is 2. The lowest BCUT2D eigenvalue weighted by atomic mass is 10.00. The third-order valence-electron chi connectivity index (χ3n) is 5.32. The Kier molecular flexibility index (Phi) is 8.37. The van der Waals surface area contributed by atoms with Crippen LogP contribution in [0, 0.1) is 0 Å². The Hall–Kier alpha value is -3.28. The Balaban J connectivity index is 2.15. The van der Waals surface area contributed by atoms with E-state index >= 15 is 0 Å². The van der Waals surface area contributed by atoms with Crippen molar-refractivity contribution in [3.05, 3.63) is 48.5 Å². The maximum absolute atomic E-state index is 12.7. The number of rotatable bonds is 10. The Bertz CT molecular complexity index is 1000. The summed E-state index contributed by atoms with van der Waals surface area (Å²) in [5.41, 5.74) is 0. The predicted octanol–water partition coefficient (Wildman–Crippen LogP) is 6.21. The molecule has 3 aromatic rings. The van der Waals surface area contributed by atoms with E-state index in [1.807, 2.05) is 90.1 Å². The number of hydrogen-bond acceptors (Lipinski definition) is 6. The van der Waals surface area contributed by atoms with Gasteiger partial charge >= 0.3 is 11.9 Å². The van der Waals surface area contributed by atoms with Gasteiger partial charge in [0.1, 0.15) is 11.5 Å². The minimum Gasteiger partial charge on any atom is -0.477 e. The molecule has 0 amide bonds. The van der Waals surface area contributed by atoms with Crippen molar-refractivity contribution in [1.82, 2.24) is 0 Å². The molecule has 0 aromatic heterocycles. The smallest absolute Gasteiger partial charge is 0.347 e. The van der Waals surface area contributed by atoms with Crippen LogP contribution in [0.3, 0.4) is 0 Å². The van der Waals surface area contributed by atoms with Crippen LogP contribution < -0.4 is 9.47 Å². The van der Waals surface area contributed by atoms with Gasteiger partial charge in [0.15, 0.2) is 12.2 Å². The summed E-state index contributed by atoms with van der Waals surface area (Å²) in [4.78, 5) is 25.3. The highest BCUT2D eigenvalue weighted by atomic mass is 16.6. The van der Waals surface area contributed by atoms with Crippen LogP contribution in [0.15, 0.2) is 48.5 Å². The van der Waals surface area contributed by atoms with Crippen molar-refractivity contribution in [3.63, 3.8) is 0 Å². The molecule has 0 saturated carbocycles. The van der Waals surface area contributed by atoms with Crippen LogP contribution in [0.1, 0.15) is 54.4 Å². The minimum atomic E-state index is -0.745. The van der Waals surface area contributed by atoms with E-state index in [9.17, 15) is 9.59 Å². The van der Waals surface area contributed by atoms with Gasteiger partial charge in [-0.1, -0.05) is 62.4 Å². The molecule has 0 aliphatic carbocycles. The van der Waals surface area contributed by atoms with Crippen molar-refractivity contribution >= 4 is 33.5 Å². The molecule has 0 bridgehead atoms. The Morgan fingerprint density at radius 3 is 1.15 bits per heavy atom. The van der Waals surface area contributed by atoms with Crippen LogP contribution in [-0.2, 0) is 19.1 Å². The van der Waals surface area contributed by atoms with Gasteiger partial charge in [0.05, 0.1) is 12.2 Å². The van der Waals surface area contributed by atoms with Crippen LogP contribution in [0.2, 0.25) is 0 Å². The van der Waals surface area contributed by atoms with Crippen LogP contribution in [0.4, 0.5) is 0 Å². The van der Waals surface area contributed by atoms with Crippen LogP contribution in [0.5, 0.6) is 11.5 Å². The summed E-state index contributed by atoms with van der Waals surface area (Å²) in [5.74, 6) is 0.384. The molecule has 6 nitrogen and oxygen atoms in total. The van der Waals surface area contributed by atoms with E-state index in [0.717, 1.165) is 21.5 Å². The van der Waals surface area contributed by atoms with E-state index in [2.05, 4.69) is 0 Å². The van der Waals surface area contributed by atoms with Gasteiger partial charge < -0.3 is 18.9 Å².